The summed E-state index contributed by atoms with van der Waals surface area (Å²) in [4.78, 5) is 22.2. The minimum Gasteiger partial charge on any atom is -1.00 e. The molecule has 6 aromatic carbocycles. The molecule has 276 valence electrons. The summed E-state index contributed by atoms with van der Waals surface area (Å²) < 4.78 is 1.12. The molecule has 0 radical (unpaired) electrons. The third-order valence-electron chi connectivity index (χ3n) is 7.16. The Morgan fingerprint density at radius 1 is 0.339 bits per heavy atom. The quantitative estimate of drug-likeness (QED) is 0.129. The van der Waals surface area contributed by atoms with Gasteiger partial charge in [0.25, 0.3) is 0 Å². The zero-order chi connectivity index (χ0) is 38.1. The second-order valence-electron chi connectivity index (χ2n) is 10.8. The Morgan fingerprint density at radius 3 is 0.964 bits per heavy atom. The average Bonchev–Trinajstić information content (AvgIpc) is 3.19. The molecule has 2 aromatic heterocycles. The van der Waals surface area contributed by atoms with E-state index in [-0.39, 0.29) is 66.5 Å². The summed E-state index contributed by atoms with van der Waals surface area (Å²) in [6.45, 7) is 0. The molecule has 0 amide bonds. The fourth-order valence-electron chi connectivity index (χ4n) is 4.68. The molecule has 0 bridgehead atoms. The fraction of sp³-hybridized carbons (Fsp3) is 0. The van der Waals surface area contributed by atoms with Crippen LogP contribution in [-0.4, -0.2) is 53.0 Å². The van der Waals surface area contributed by atoms with Crippen molar-refractivity contribution in [1.82, 2.24) is 29.9 Å². The van der Waals surface area contributed by atoms with Gasteiger partial charge in [-0.1, -0.05) is 143 Å². The Kier molecular flexibility index (Phi) is 20.9. The SMILES string of the molecule is Brc1ccc(-c2ccccc2)cc1.Clc1nc(Cl)nc(-c2ccc(-c3ccccc3)cc2)n1.Clc1nc(Cl)nc(Cl)n1.[Br-].[Mg+2].[c-]1ccc(-c2ccccc2)cc1. The van der Waals surface area contributed by atoms with Crippen LogP contribution in [0.1, 0.15) is 0 Å². The molecule has 0 saturated heterocycles. The molecule has 0 aliphatic carbocycles. The van der Waals surface area contributed by atoms with Crippen LogP contribution in [0.5, 0.6) is 0 Å². The van der Waals surface area contributed by atoms with Crippen molar-refractivity contribution < 1.29 is 17.0 Å². The molecule has 56 heavy (non-hydrogen) atoms. The fourth-order valence-corrected chi connectivity index (χ4v) is 5.92. The van der Waals surface area contributed by atoms with Gasteiger partial charge in [0.15, 0.2) is 5.82 Å². The molecular formula is C42H27Br2Cl5MgN6. The summed E-state index contributed by atoms with van der Waals surface area (Å²) in [5.74, 6) is 0.467. The van der Waals surface area contributed by atoms with E-state index in [1.54, 1.807) is 0 Å². The van der Waals surface area contributed by atoms with E-state index in [1.165, 1.54) is 22.3 Å². The standard InChI is InChI=1S/C15H9Cl2N3.C12H9Br.C12H9.C3Cl3N3.BrH.Mg/c16-14-18-13(19-15(17)20-14)12-8-6-11(7-9-12)10-4-2-1-3-5-10;13-12-8-6-11(7-9-12)10-4-2-1-3-5-10;1-3-7-11(8-4-1)12-9-5-2-6-10-12;4-1-7-2(5)9-3(6)8-1;;/h1-9H;1-9H;1,3-10H;;1H;/q;;-1;;;+2/p-1. The van der Waals surface area contributed by atoms with E-state index < -0.39 is 0 Å². The van der Waals surface area contributed by atoms with Crippen molar-refractivity contribution in [1.29, 1.82) is 0 Å². The van der Waals surface area contributed by atoms with Gasteiger partial charge >= 0.3 is 23.1 Å². The number of halogens is 7. The van der Waals surface area contributed by atoms with Crippen molar-refractivity contribution in [3.63, 3.8) is 0 Å². The zero-order valence-electron chi connectivity index (χ0n) is 29.1. The molecular weight excluding hydrogens is 950 g/mol. The van der Waals surface area contributed by atoms with Crippen LogP contribution < -0.4 is 17.0 Å². The maximum absolute atomic E-state index is 5.78. The topological polar surface area (TPSA) is 77.3 Å². The maximum Gasteiger partial charge on any atom is 2.00 e. The van der Waals surface area contributed by atoms with E-state index in [0.717, 1.165) is 21.2 Å². The Labute approximate surface area is 385 Å². The summed E-state index contributed by atoms with van der Waals surface area (Å²) in [6.07, 6.45) is 0. The molecule has 0 spiro atoms. The third-order valence-corrected chi connectivity index (χ3v) is 8.54. The maximum atomic E-state index is 5.78. The minimum atomic E-state index is 0. The summed E-state index contributed by atoms with van der Waals surface area (Å²) in [5, 5.41) is 0.180. The third kappa shape index (κ3) is 15.8. The van der Waals surface area contributed by atoms with Crippen LogP contribution in [0.3, 0.4) is 0 Å². The molecule has 0 saturated carbocycles. The van der Waals surface area contributed by atoms with Gasteiger partial charge in [-0.2, -0.15) is 60.2 Å². The first kappa shape index (κ1) is 46.9. The van der Waals surface area contributed by atoms with Gasteiger partial charge in [0.1, 0.15) is 0 Å². The summed E-state index contributed by atoms with van der Waals surface area (Å²) in [6, 6.07) is 58.1. The van der Waals surface area contributed by atoms with Crippen molar-refractivity contribution in [3.8, 4) is 44.8 Å². The van der Waals surface area contributed by atoms with Gasteiger partial charge < -0.3 is 17.0 Å². The minimum absolute atomic E-state index is 0. The van der Waals surface area contributed by atoms with Gasteiger partial charge in [0, 0.05) is 10.0 Å². The molecule has 0 fully saturated rings. The smallest absolute Gasteiger partial charge is 1.00 e. The van der Waals surface area contributed by atoms with Crippen LogP contribution in [0.4, 0.5) is 0 Å². The molecule has 0 atom stereocenters. The predicted octanol–water partition coefficient (Wildman–Crippen LogP) is 10.2. The molecule has 0 aliphatic heterocycles. The molecule has 14 heteroatoms. The van der Waals surface area contributed by atoms with Crippen LogP contribution in [0.2, 0.25) is 26.4 Å². The van der Waals surface area contributed by atoms with Crippen molar-refractivity contribution in [2.24, 2.45) is 0 Å². The molecule has 8 rings (SSSR count). The number of hydrogen-bond donors (Lipinski definition) is 0. The second kappa shape index (κ2) is 25.0. The van der Waals surface area contributed by atoms with E-state index in [9.17, 15) is 0 Å². The monoisotopic (exact) mass is 972 g/mol. The molecule has 0 aliphatic rings. The van der Waals surface area contributed by atoms with Gasteiger partial charge in [-0.25, -0.2) is 0 Å². The molecule has 6 nitrogen and oxygen atoms in total. The van der Waals surface area contributed by atoms with Crippen molar-refractivity contribution in [2.45, 2.75) is 0 Å². The Balaban J connectivity index is 0.000000206. The number of aromatic nitrogens is 6. The van der Waals surface area contributed by atoms with Gasteiger partial charge in [0.2, 0.25) is 26.4 Å². The van der Waals surface area contributed by atoms with Crippen molar-refractivity contribution in [2.75, 3.05) is 0 Å². The second-order valence-corrected chi connectivity index (χ2v) is 13.4. The number of benzene rings is 6. The largest absolute Gasteiger partial charge is 2.00 e. The van der Waals surface area contributed by atoms with Crippen LogP contribution in [0.25, 0.3) is 44.8 Å². The summed E-state index contributed by atoms with van der Waals surface area (Å²) in [5.41, 5.74) is 8.14. The van der Waals surface area contributed by atoms with Gasteiger partial charge in [0.05, 0.1) is 0 Å². The average molecular weight is 977 g/mol. The van der Waals surface area contributed by atoms with Gasteiger partial charge in [-0.3, -0.25) is 0 Å². The van der Waals surface area contributed by atoms with Crippen molar-refractivity contribution >= 4 is 97.0 Å². The molecule has 2 heterocycles. The van der Waals surface area contributed by atoms with E-state index in [2.05, 4.69) is 137 Å². The first-order chi connectivity index (χ1) is 26.2. The van der Waals surface area contributed by atoms with E-state index in [1.807, 2.05) is 78.9 Å². The zero-order valence-corrected chi connectivity index (χ0v) is 37.5. The van der Waals surface area contributed by atoms with E-state index in [4.69, 9.17) is 58.0 Å². The molecule has 0 N–H and O–H groups in total. The first-order valence-electron chi connectivity index (χ1n) is 16.0. The van der Waals surface area contributed by atoms with Crippen molar-refractivity contribution in [3.05, 3.63) is 201 Å². The number of rotatable bonds is 4. The normalized spacial score (nSPS) is 9.68. The predicted molar refractivity (Wildman–Crippen MR) is 232 cm³/mol. The molecule has 8 aromatic rings. The Bertz CT molecular complexity index is 2230. The summed E-state index contributed by atoms with van der Waals surface area (Å²) >= 11 is 30.9. The van der Waals surface area contributed by atoms with Crippen LogP contribution in [0.15, 0.2) is 168 Å². The number of nitrogens with zero attached hydrogens (tertiary/aromatic N) is 6. The van der Waals surface area contributed by atoms with Crippen LogP contribution in [-0.2, 0) is 0 Å². The van der Waals surface area contributed by atoms with Gasteiger partial charge in [-0.05, 0) is 98.0 Å². The first-order valence-corrected chi connectivity index (χ1v) is 18.7. The van der Waals surface area contributed by atoms with E-state index >= 15 is 0 Å². The molecule has 0 unspecified atom stereocenters. The Hall–Kier alpha value is -3.48. The van der Waals surface area contributed by atoms with E-state index in [0.29, 0.717) is 5.82 Å². The Morgan fingerprint density at radius 2 is 0.607 bits per heavy atom. The summed E-state index contributed by atoms with van der Waals surface area (Å²) in [7, 11) is 0. The number of hydrogen-bond acceptors (Lipinski definition) is 6. The van der Waals surface area contributed by atoms with Gasteiger partial charge in [-0.15, -0.1) is 5.56 Å². The van der Waals surface area contributed by atoms with Crippen LogP contribution in [0, 0.1) is 6.07 Å². The van der Waals surface area contributed by atoms with Crippen LogP contribution >= 0.6 is 73.9 Å².